The van der Waals surface area contributed by atoms with E-state index in [9.17, 15) is 19.2 Å². The number of nitrogens with one attached hydrogen (secondary N) is 3. The lowest BCUT2D eigenvalue weighted by atomic mass is 9.97. The summed E-state index contributed by atoms with van der Waals surface area (Å²) in [6.07, 6.45) is 5.99. The number of aryl methyl sites for hydroxylation is 2. The van der Waals surface area contributed by atoms with Crippen molar-refractivity contribution in [3.63, 3.8) is 0 Å². The molecule has 0 aliphatic carbocycles. The Morgan fingerprint density at radius 3 is 2.82 bits per heavy atom. The minimum atomic E-state index is -0.691. The first-order chi connectivity index (χ1) is 15.9. The molecule has 2 aromatic heterocycles. The topological polar surface area (TPSA) is 135 Å². The zero-order chi connectivity index (χ0) is 23.5. The van der Waals surface area contributed by atoms with Gasteiger partial charge in [0.1, 0.15) is 17.5 Å². The number of allylic oxidation sites excluding steroid dienone is 1. The highest BCUT2D eigenvalue weighted by molar-refractivity contribution is 6.02. The lowest BCUT2D eigenvalue weighted by molar-refractivity contribution is -0.126. The molecule has 3 N–H and O–H groups in total. The molecule has 0 saturated carbocycles. The van der Waals surface area contributed by atoms with Crippen LogP contribution in [0.15, 0.2) is 39.7 Å². The standard InChI is InChI=1S/C23H27N5O5/c1-3-4-15(12-14-9-10-24-20(14)29)25-22(31)19-8-6-16-5-7-17(23(32)28(16)19)26-21(30)18-11-13(2)33-27-18/h3-5,7,11,14-15,19H,6,8-10,12H2,1-2H3,(H,24,29)(H,25,31)(H,26,30)/b4-3+/t14-,15+,19-/m0/s1. The fourth-order valence-electron chi connectivity index (χ4n) is 4.43. The van der Waals surface area contributed by atoms with Gasteiger partial charge in [0, 0.05) is 30.3 Å². The molecule has 0 spiro atoms. The molecule has 3 atom stereocenters. The lowest BCUT2D eigenvalue weighted by Crippen LogP contribution is -2.42. The maximum Gasteiger partial charge on any atom is 0.278 e. The van der Waals surface area contributed by atoms with Crippen molar-refractivity contribution in [2.45, 2.75) is 51.6 Å². The zero-order valence-corrected chi connectivity index (χ0v) is 18.6. The minimum Gasteiger partial charge on any atom is -0.361 e. The van der Waals surface area contributed by atoms with Gasteiger partial charge in [0.2, 0.25) is 11.8 Å². The molecule has 0 aromatic carbocycles. The van der Waals surface area contributed by atoms with Crippen LogP contribution in [-0.4, -0.2) is 40.0 Å². The average Bonchev–Trinajstić information content (AvgIpc) is 3.51. The van der Waals surface area contributed by atoms with Crippen LogP contribution in [0.2, 0.25) is 0 Å². The first kappa shape index (κ1) is 22.5. The fraction of sp³-hybridized carbons (Fsp3) is 0.435. The van der Waals surface area contributed by atoms with Gasteiger partial charge in [-0.05, 0) is 51.7 Å². The van der Waals surface area contributed by atoms with Gasteiger partial charge in [-0.25, -0.2) is 0 Å². The summed E-state index contributed by atoms with van der Waals surface area (Å²) >= 11 is 0. The largest absolute Gasteiger partial charge is 0.361 e. The Kier molecular flexibility index (Phi) is 6.43. The third-order valence-corrected chi connectivity index (χ3v) is 6.05. The zero-order valence-electron chi connectivity index (χ0n) is 18.6. The highest BCUT2D eigenvalue weighted by Gasteiger charge is 2.33. The van der Waals surface area contributed by atoms with Crippen LogP contribution < -0.4 is 21.5 Å². The second kappa shape index (κ2) is 9.43. The normalized spacial score (nSPS) is 20.5. The number of amides is 3. The maximum absolute atomic E-state index is 13.1. The monoisotopic (exact) mass is 453 g/mol. The SMILES string of the molecule is C/C=C/[C@H](C[C@@H]1CCNC1=O)NC(=O)[C@@H]1CCc2ccc(NC(=O)c3cc(C)on3)c(=O)n21. The van der Waals surface area contributed by atoms with E-state index in [1.54, 1.807) is 19.1 Å². The van der Waals surface area contributed by atoms with Crippen LogP contribution in [0.5, 0.6) is 0 Å². The molecule has 2 aliphatic heterocycles. The van der Waals surface area contributed by atoms with Crippen LogP contribution in [0.4, 0.5) is 5.69 Å². The molecule has 1 saturated heterocycles. The van der Waals surface area contributed by atoms with E-state index in [1.165, 1.54) is 10.6 Å². The Labute approximate surface area is 190 Å². The van der Waals surface area contributed by atoms with Crippen molar-refractivity contribution in [2.75, 3.05) is 11.9 Å². The van der Waals surface area contributed by atoms with Gasteiger partial charge in [-0.15, -0.1) is 0 Å². The van der Waals surface area contributed by atoms with Crippen molar-refractivity contribution in [1.29, 1.82) is 0 Å². The van der Waals surface area contributed by atoms with E-state index in [1.807, 2.05) is 19.1 Å². The van der Waals surface area contributed by atoms with E-state index in [-0.39, 0.29) is 35.2 Å². The smallest absolute Gasteiger partial charge is 0.278 e. The van der Waals surface area contributed by atoms with Gasteiger partial charge >= 0.3 is 0 Å². The molecule has 10 heteroatoms. The van der Waals surface area contributed by atoms with Gasteiger partial charge in [-0.2, -0.15) is 0 Å². The van der Waals surface area contributed by atoms with Crippen LogP contribution in [0, 0.1) is 12.8 Å². The average molecular weight is 453 g/mol. The highest BCUT2D eigenvalue weighted by Crippen LogP contribution is 2.26. The van der Waals surface area contributed by atoms with Crippen LogP contribution >= 0.6 is 0 Å². The second-order valence-electron chi connectivity index (χ2n) is 8.40. The van der Waals surface area contributed by atoms with Gasteiger partial charge in [0.25, 0.3) is 11.5 Å². The van der Waals surface area contributed by atoms with Crippen molar-refractivity contribution in [3.8, 4) is 0 Å². The molecule has 0 unspecified atom stereocenters. The van der Waals surface area contributed by atoms with E-state index in [4.69, 9.17) is 4.52 Å². The van der Waals surface area contributed by atoms with Crippen LogP contribution in [-0.2, 0) is 16.0 Å². The van der Waals surface area contributed by atoms with Crippen molar-refractivity contribution < 1.29 is 18.9 Å². The Morgan fingerprint density at radius 1 is 1.33 bits per heavy atom. The summed E-state index contributed by atoms with van der Waals surface area (Å²) < 4.78 is 6.35. The van der Waals surface area contributed by atoms with Gasteiger partial charge in [-0.3, -0.25) is 23.7 Å². The van der Waals surface area contributed by atoms with Crippen molar-refractivity contribution in [1.82, 2.24) is 20.4 Å². The van der Waals surface area contributed by atoms with Gasteiger partial charge in [0.05, 0.1) is 0 Å². The fourth-order valence-corrected chi connectivity index (χ4v) is 4.43. The van der Waals surface area contributed by atoms with Crippen molar-refractivity contribution in [2.24, 2.45) is 5.92 Å². The van der Waals surface area contributed by atoms with E-state index in [2.05, 4.69) is 21.1 Å². The van der Waals surface area contributed by atoms with Crippen LogP contribution in [0.1, 0.15) is 54.2 Å². The first-order valence-electron chi connectivity index (χ1n) is 11.1. The Balaban J connectivity index is 1.51. The summed E-state index contributed by atoms with van der Waals surface area (Å²) in [5.41, 5.74) is 0.415. The van der Waals surface area contributed by atoms with E-state index in [0.29, 0.717) is 31.6 Å². The minimum absolute atomic E-state index is 0.00359. The number of hydrogen-bond acceptors (Lipinski definition) is 6. The predicted octanol–water partition coefficient (Wildman–Crippen LogP) is 1.47. The molecule has 2 aliphatic rings. The summed E-state index contributed by atoms with van der Waals surface area (Å²) in [4.78, 5) is 50.6. The highest BCUT2D eigenvalue weighted by atomic mass is 16.5. The van der Waals surface area contributed by atoms with Gasteiger partial charge < -0.3 is 20.5 Å². The van der Waals surface area contributed by atoms with E-state index in [0.717, 1.165) is 12.1 Å². The number of nitrogens with zero attached hydrogens (tertiary/aromatic N) is 2. The summed E-state index contributed by atoms with van der Waals surface area (Å²) in [6.45, 7) is 4.17. The molecule has 4 rings (SSSR count). The quantitative estimate of drug-likeness (QED) is 0.544. The third kappa shape index (κ3) is 4.74. The number of anilines is 1. The maximum atomic E-state index is 13.1. The van der Waals surface area contributed by atoms with Crippen molar-refractivity contribution in [3.05, 3.63) is 57.9 Å². The first-order valence-corrected chi connectivity index (χ1v) is 11.1. The van der Waals surface area contributed by atoms with Crippen LogP contribution in [0.3, 0.4) is 0 Å². The summed E-state index contributed by atoms with van der Waals surface area (Å²) in [7, 11) is 0. The second-order valence-corrected chi connectivity index (χ2v) is 8.40. The number of carbonyl (C=O) groups excluding carboxylic acids is 3. The van der Waals surface area contributed by atoms with Crippen molar-refractivity contribution >= 4 is 23.4 Å². The lowest BCUT2D eigenvalue weighted by Gasteiger charge is -2.21. The Morgan fingerprint density at radius 2 is 2.15 bits per heavy atom. The summed E-state index contributed by atoms with van der Waals surface area (Å²) in [5.74, 6) is -0.510. The molecule has 33 heavy (non-hydrogen) atoms. The van der Waals surface area contributed by atoms with Gasteiger partial charge in [0.15, 0.2) is 5.69 Å². The molecule has 4 heterocycles. The summed E-state index contributed by atoms with van der Waals surface area (Å²) in [6, 6.07) is 3.76. The molecule has 174 valence electrons. The van der Waals surface area contributed by atoms with Crippen LogP contribution in [0.25, 0.3) is 0 Å². The van der Waals surface area contributed by atoms with Gasteiger partial charge in [-0.1, -0.05) is 17.3 Å². The molecule has 3 amide bonds. The van der Waals surface area contributed by atoms with E-state index >= 15 is 0 Å². The number of aromatic nitrogens is 2. The molecule has 10 nitrogen and oxygen atoms in total. The molecule has 0 bridgehead atoms. The molecule has 1 fully saturated rings. The Hall–Kier alpha value is -3.69. The van der Waals surface area contributed by atoms with E-state index < -0.39 is 17.5 Å². The number of fused-ring (bicyclic) bond motifs is 1. The number of hydrogen-bond donors (Lipinski definition) is 3. The summed E-state index contributed by atoms with van der Waals surface area (Å²) in [5, 5.41) is 12.0. The number of rotatable bonds is 7. The molecule has 2 aromatic rings. The molecular formula is C23H27N5O5. The molecule has 0 radical (unpaired) electrons. The predicted molar refractivity (Wildman–Crippen MR) is 120 cm³/mol. The third-order valence-electron chi connectivity index (χ3n) is 6.05. The molecular weight excluding hydrogens is 426 g/mol. The Bertz CT molecular complexity index is 1160. The number of pyridine rings is 1. The number of carbonyl (C=O) groups is 3.